The van der Waals surface area contributed by atoms with E-state index in [4.69, 9.17) is 9.47 Å². The number of likely N-dealkylation sites (tertiary alicyclic amines) is 1. The van der Waals surface area contributed by atoms with Crippen LogP contribution in [-0.4, -0.2) is 42.6 Å². The van der Waals surface area contributed by atoms with Gasteiger partial charge in [-0.05, 0) is 35.9 Å². The summed E-state index contributed by atoms with van der Waals surface area (Å²) in [4.78, 5) is 20.1. The fraction of sp³-hybridized carbons (Fsp3) is 0.444. The molecule has 0 aromatic carbocycles. The third kappa shape index (κ3) is 2.59. The zero-order chi connectivity index (χ0) is 16.6. The molecule has 1 saturated heterocycles. The Kier molecular flexibility index (Phi) is 4.02. The van der Waals surface area contributed by atoms with Crippen molar-refractivity contribution >= 4 is 17.2 Å². The quantitative estimate of drug-likeness (QED) is 0.841. The van der Waals surface area contributed by atoms with E-state index in [1.165, 1.54) is 10.4 Å². The van der Waals surface area contributed by atoms with E-state index in [9.17, 15) is 4.79 Å². The van der Waals surface area contributed by atoms with Gasteiger partial charge in [-0.3, -0.25) is 4.79 Å². The topological polar surface area (TPSA) is 51.7 Å². The molecule has 2 aromatic rings. The van der Waals surface area contributed by atoms with Crippen molar-refractivity contribution < 1.29 is 14.3 Å². The van der Waals surface area contributed by atoms with E-state index in [1.54, 1.807) is 25.4 Å². The summed E-state index contributed by atoms with van der Waals surface area (Å²) in [5.41, 5.74) is 1.76. The number of piperidine rings is 1. The minimum atomic E-state index is -0.192. The minimum absolute atomic E-state index is 0.0290. The highest BCUT2D eigenvalue weighted by Gasteiger charge is 2.42. The second-order valence-electron chi connectivity index (χ2n) is 6.23. The molecule has 1 amide bonds. The maximum absolute atomic E-state index is 12.7. The zero-order valence-electron chi connectivity index (χ0n) is 13.7. The molecule has 0 aliphatic carbocycles. The van der Waals surface area contributed by atoms with Crippen molar-refractivity contribution in [3.05, 3.63) is 45.8 Å². The lowest BCUT2D eigenvalue weighted by Crippen LogP contribution is -2.48. The highest BCUT2D eigenvalue weighted by Crippen LogP contribution is 2.43. The Morgan fingerprint density at radius 3 is 2.88 bits per heavy atom. The summed E-state index contributed by atoms with van der Waals surface area (Å²) >= 11 is 1.82. The summed E-state index contributed by atoms with van der Waals surface area (Å²) in [5.74, 6) is 0.547. The standard InChI is InChI=1S/C18H20N2O3S/c1-22-16-3-2-13(12-19-16)17(21)20-8-6-18(7-9-20)14-5-11-24-15(14)4-10-23-18/h2-3,5,11-12H,4,6-10H2,1H3. The largest absolute Gasteiger partial charge is 0.481 e. The second-order valence-corrected chi connectivity index (χ2v) is 7.23. The van der Waals surface area contributed by atoms with E-state index in [0.717, 1.165) is 25.9 Å². The lowest BCUT2D eigenvalue weighted by atomic mass is 9.82. The molecule has 126 valence electrons. The predicted octanol–water partition coefficient (Wildman–Crippen LogP) is 2.86. The molecule has 2 aliphatic heterocycles. The van der Waals surface area contributed by atoms with Gasteiger partial charge in [-0.1, -0.05) is 0 Å². The Morgan fingerprint density at radius 2 is 2.17 bits per heavy atom. The summed E-state index contributed by atoms with van der Waals surface area (Å²) in [5, 5.41) is 2.15. The highest BCUT2D eigenvalue weighted by atomic mass is 32.1. The van der Waals surface area contributed by atoms with Gasteiger partial charge in [-0.2, -0.15) is 0 Å². The van der Waals surface area contributed by atoms with Crippen LogP contribution in [0, 0.1) is 0 Å². The van der Waals surface area contributed by atoms with E-state index < -0.39 is 0 Å². The zero-order valence-corrected chi connectivity index (χ0v) is 14.5. The van der Waals surface area contributed by atoms with Crippen LogP contribution in [0.25, 0.3) is 0 Å². The third-order valence-electron chi connectivity index (χ3n) is 4.99. The third-order valence-corrected chi connectivity index (χ3v) is 5.98. The van der Waals surface area contributed by atoms with Crippen molar-refractivity contribution in [3.8, 4) is 5.88 Å². The fourth-order valence-electron chi connectivity index (χ4n) is 3.65. The summed E-state index contributed by atoms with van der Waals surface area (Å²) < 4.78 is 11.2. The van der Waals surface area contributed by atoms with Crippen LogP contribution >= 0.6 is 11.3 Å². The number of ether oxygens (including phenoxy) is 2. The van der Waals surface area contributed by atoms with Crippen molar-refractivity contribution in [3.63, 3.8) is 0 Å². The number of thiophene rings is 1. The van der Waals surface area contributed by atoms with E-state index in [1.807, 2.05) is 16.2 Å². The van der Waals surface area contributed by atoms with Crippen molar-refractivity contribution in [2.24, 2.45) is 0 Å². The maximum atomic E-state index is 12.7. The SMILES string of the molecule is COc1ccc(C(=O)N2CCC3(CC2)OCCc2sccc23)cn1. The van der Waals surface area contributed by atoms with Gasteiger partial charge in [-0.15, -0.1) is 11.3 Å². The molecule has 0 atom stereocenters. The predicted molar refractivity (Wildman–Crippen MR) is 91.6 cm³/mol. The number of amides is 1. The molecule has 0 bridgehead atoms. The number of aromatic nitrogens is 1. The molecule has 5 nitrogen and oxygen atoms in total. The molecule has 1 fully saturated rings. The van der Waals surface area contributed by atoms with E-state index in [-0.39, 0.29) is 11.5 Å². The average Bonchev–Trinajstić information content (AvgIpc) is 3.12. The van der Waals surface area contributed by atoms with Gasteiger partial charge in [0.1, 0.15) is 0 Å². The van der Waals surface area contributed by atoms with E-state index in [0.29, 0.717) is 24.5 Å². The van der Waals surface area contributed by atoms with Crippen molar-refractivity contribution in [1.82, 2.24) is 9.88 Å². The van der Waals surface area contributed by atoms with E-state index in [2.05, 4.69) is 16.4 Å². The first-order valence-electron chi connectivity index (χ1n) is 8.22. The van der Waals surface area contributed by atoms with Gasteiger partial charge in [0, 0.05) is 36.7 Å². The lowest BCUT2D eigenvalue weighted by molar-refractivity contribution is -0.0926. The molecule has 0 unspecified atom stereocenters. The van der Waals surface area contributed by atoms with Crippen LogP contribution in [0.4, 0.5) is 0 Å². The van der Waals surface area contributed by atoms with E-state index >= 15 is 0 Å². The highest BCUT2D eigenvalue weighted by molar-refractivity contribution is 7.10. The molecule has 6 heteroatoms. The van der Waals surface area contributed by atoms with Gasteiger partial charge < -0.3 is 14.4 Å². The van der Waals surface area contributed by atoms with Gasteiger partial charge in [0.25, 0.3) is 5.91 Å². The first kappa shape index (κ1) is 15.6. The number of carbonyl (C=O) groups excluding carboxylic acids is 1. The number of carbonyl (C=O) groups is 1. The Hall–Kier alpha value is -1.92. The van der Waals surface area contributed by atoms with Crippen molar-refractivity contribution in [2.75, 3.05) is 26.8 Å². The number of pyridine rings is 1. The minimum Gasteiger partial charge on any atom is -0.481 e. The van der Waals surface area contributed by atoms with Crippen LogP contribution in [0.3, 0.4) is 0 Å². The molecule has 0 saturated carbocycles. The number of nitrogens with zero attached hydrogens (tertiary/aromatic N) is 2. The molecule has 24 heavy (non-hydrogen) atoms. The maximum Gasteiger partial charge on any atom is 0.255 e. The van der Waals surface area contributed by atoms with Crippen molar-refractivity contribution in [2.45, 2.75) is 24.9 Å². The summed E-state index contributed by atoms with van der Waals surface area (Å²) in [6.07, 6.45) is 4.30. The molecule has 1 spiro atoms. The van der Waals surface area contributed by atoms with Gasteiger partial charge in [0.05, 0.1) is 24.9 Å². The average molecular weight is 344 g/mol. The van der Waals surface area contributed by atoms with Crippen LogP contribution in [0.15, 0.2) is 29.8 Å². The van der Waals surface area contributed by atoms with Crippen LogP contribution in [0.2, 0.25) is 0 Å². The van der Waals surface area contributed by atoms with Gasteiger partial charge in [0.2, 0.25) is 5.88 Å². The molecule has 4 rings (SSSR count). The smallest absolute Gasteiger partial charge is 0.255 e. The fourth-order valence-corrected chi connectivity index (χ4v) is 4.60. The summed E-state index contributed by atoms with van der Waals surface area (Å²) in [7, 11) is 1.57. The molecule has 2 aromatic heterocycles. The number of hydrogen-bond acceptors (Lipinski definition) is 5. The molecular formula is C18H20N2O3S. The Balaban J connectivity index is 1.47. The van der Waals surface area contributed by atoms with Crippen LogP contribution < -0.4 is 4.74 Å². The number of hydrogen-bond donors (Lipinski definition) is 0. The monoisotopic (exact) mass is 344 g/mol. The normalized spacial score (nSPS) is 19.1. The summed E-state index contributed by atoms with van der Waals surface area (Å²) in [6, 6.07) is 5.69. The molecule has 0 radical (unpaired) electrons. The van der Waals surface area contributed by atoms with Crippen LogP contribution in [-0.2, 0) is 16.8 Å². The second kappa shape index (κ2) is 6.18. The summed E-state index contributed by atoms with van der Waals surface area (Å²) in [6.45, 7) is 2.20. The van der Waals surface area contributed by atoms with Gasteiger partial charge in [-0.25, -0.2) is 4.98 Å². The van der Waals surface area contributed by atoms with Crippen LogP contribution in [0.1, 0.15) is 33.6 Å². The number of fused-ring (bicyclic) bond motifs is 2. The molecule has 2 aliphatic rings. The first-order chi connectivity index (χ1) is 11.7. The van der Waals surface area contributed by atoms with Gasteiger partial charge >= 0.3 is 0 Å². The Bertz CT molecular complexity index is 733. The van der Waals surface area contributed by atoms with Crippen LogP contribution in [0.5, 0.6) is 5.88 Å². The first-order valence-corrected chi connectivity index (χ1v) is 9.10. The Labute approximate surface area is 145 Å². The molecule has 0 N–H and O–H groups in total. The number of rotatable bonds is 2. The lowest BCUT2D eigenvalue weighted by Gasteiger charge is -2.44. The van der Waals surface area contributed by atoms with Crippen molar-refractivity contribution in [1.29, 1.82) is 0 Å². The number of methoxy groups -OCH3 is 1. The Morgan fingerprint density at radius 1 is 1.33 bits per heavy atom. The molecule has 4 heterocycles. The van der Waals surface area contributed by atoms with Gasteiger partial charge in [0.15, 0.2) is 0 Å². The molecular weight excluding hydrogens is 324 g/mol.